The Kier molecular flexibility index (Phi) is 4.37. The lowest BCUT2D eigenvalue weighted by atomic mass is 10.3. The molecule has 2 aromatic carbocycles. The molecule has 4 rings (SSSR count). The first-order valence-corrected chi connectivity index (χ1v) is 8.91. The number of aromatic nitrogens is 3. The number of benzene rings is 2. The van der Waals surface area contributed by atoms with Crippen LogP contribution < -0.4 is 10.1 Å². The molecule has 0 aliphatic carbocycles. The molecule has 0 aliphatic heterocycles. The summed E-state index contributed by atoms with van der Waals surface area (Å²) in [5.41, 5.74) is 1.70. The summed E-state index contributed by atoms with van der Waals surface area (Å²) in [5.74, 6) is 0.970. The fourth-order valence-electron chi connectivity index (χ4n) is 2.53. The summed E-state index contributed by atoms with van der Waals surface area (Å²) >= 11 is 1.52. The lowest BCUT2D eigenvalue weighted by Crippen LogP contribution is -2.21. The van der Waals surface area contributed by atoms with Crippen LogP contribution in [-0.4, -0.2) is 27.3 Å². The Morgan fingerprint density at radius 2 is 1.92 bits per heavy atom. The van der Waals surface area contributed by atoms with Crippen LogP contribution in [-0.2, 0) is 4.79 Å². The first kappa shape index (κ1) is 16.3. The van der Waals surface area contributed by atoms with Crippen molar-refractivity contribution < 1.29 is 9.53 Å². The van der Waals surface area contributed by atoms with Crippen molar-refractivity contribution in [1.29, 1.82) is 0 Å². The van der Waals surface area contributed by atoms with E-state index in [1.807, 2.05) is 67.6 Å². The Morgan fingerprint density at radius 1 is 1.15 bits per heavy atom. The van der Waals surface area contributed by atoms with Crippen LogP contribution in [0.2, 0.25) is 0 Å². The van der Waals surface area contributed by atoms with Crippen LogP contribution in [0.5, 0.6) is 5.75 Å². The third-order valence-electron chi connectivity index (χ3n) is 3.68. The van der Waals surface area contributed by atoms with E-state index in [0.717, 1.165) is 15.9 Å². The van der Waals surface area contributed by atoms with E-state index in [0.29, 0.717) is 16.7 Å². The molecule has 7 heteroatoms. The van der Waals surface area contributed by atoms with Gasteiger partial charge in [-0.15, -0.1) is 0 Å². The molecule has 0 spiro atoms. The molecule has 0 aliphatic rings. The Bertz CT molecular complexity index is 1020. The van der Waals surface area contributed by atoms with Gasteiger partial charge in [-0.3, -0.25) is 4.79 Å². The third-order valence-corrected chi connectivity index (χ3v) is 4.69. The monoisotopic (exact) mass is 364 g/mol. The highest BCUT2D eigenvalue weighted by Crippen LogP contribution is 2.27. The second kappa shape index (κ2) is 6.97. The molecular weight excluding hydrogens is 348 g/mol. The number of hydrogen-bond acceptors (Lipinski definition) is 5. The van der Waals surface area contributed by atoms with E-state index in [4.69, 9.17) is 4.74 Å². The van der Waals surface area contributed by atoms with Crippen molar-refractivity contribution >= 4 is 33.3 Å². The number of hydrogen-bond donors (Lipinski definition) is 1. The van der Waals surface area contributed by atoms with E-state index in [-0.39, 0.29) is 12.5 Å². The number of amides is 1. The number of aryl methyl sites for hydroxylation is 1. The summed E-state index contributed by atoms with van der Waals surface area (Å²) in [5, 5.41) is 8.01. The second-order valence-corrected chi connectivity index (χ2v) is 6.71. The summed E-state index contributed by atoms with van der Waals surface area (Å²) in [7, 11) is 0. The van der Waals surface area contributed by atoms with Gasteiger partial charge in [0.15, 0.2) is 6.61 Å². The average molecular weight is 364 g/mol. The van der Waals surface area contributed by atoms with Crippen molar-refractivity contribution in [3.8, 4) is 10.9 Å². The van der Waals surface area contributed by atoms with Gasteiger partial charge in [-0.05, 0) is 31.2 Å². The lowest BCUT2D eigenvalue weighted by Gasteiger charge is -2.08. The first-order valence-electron chi connectivity index (χ1n) is 8.09. The Hall–Kier alpha value is -3.19. The molecule has 0 atom stereocenters. The molecule has 0 fully saturated rings. The number of nitrogens with zero attached hydrogens (tertiary/aromatic N) is 3. The predicted octanol–water partition coefficient (Wildman–Crippen LogP) is 3.81. The molecule has 6 nitrogen and oxygen atoms in total. The molecule has 130 valence electrons. The first-order chi connectivity index (χ1) is 12.7. The van der Waals surface area contributed by atoms with Gasteiger partial charge in [0, 0.05) is 6.07 Å². The fraction of sp³-hybridized carbons (Fsp3) is 0.105. The van der Waals surface area contributed by atoms with Crippen molar-refractivity contribution in [3.63, 3.8) is 0 Å². The third kappa shape index (κ3) is 3.43. The van der Waals surface area contributed by atoms with Gasteiger partial charge < -0.3 is 10.1 Å². The molecule has 0 unspecified atom stereocenters. The molecule has 26 heavy (non-hydrogen) atoms. The van der Waals surface area contributed by atoms with Crippen LogP contribution in [0.4, 0.5) is 5.82 Å². The molecule has 2 aromatic heterocycles. The van der Waals surface area contributed by atoms with E-state index in [2.05, 4.69) is 15.4 Å². The van der Waals surface area contributed by atoms with Gasteiger partial charge in [-0.2, -0.15) is 9.78 Å². The zero-order chi connectivity index (χ0) is 17.9. The summed E-state index contributed by atoms with van der Waals surface area (Å²) in [6.07, 6.45) is 0. The highest BCUT2D eigenvalue weighted by atomic mass is 32.1. The zero-order valence-electron chi connectivity index (χ0n) is 14.0. The molecule has 0 saturated heterocycles. The van der Waals surface area contributed by atoms with Gasteiger partial charge in [0.25, 0.3) is 5.91 Å². The minimum Gasteiger partial charge on any atom is -0.484 e. The highest BCUT2D eigenvalue weighted by molar-refractivity contribution is 7.20. The van der Waals surface area contributed by atoms with Gasteiger partial charge >= 0.3 is 0 Å². The normalized spacial score (nSPS) is 10.8. The van der Waals surface area contributed by atoms with Gasteiger partial charge in [0.05, 0.1) is 15.9 Å². The maximum atomic E-state index is 12.3. The van der Waals surface area contributed by atoms with Crippen LogP contribution in [0.1, 0.15) is 5.69 Å². The summed E-state index contributed by atoms with van der Waals surface area (Å²) in [6, 6.07) is 18.9. The predicted molar refractivity (Wildman–Crippen MR) is 102 cm³/mol. The van der Waals surface area contributed by atoms with E-state index < -0.39 is 0 Å². The summed E-state index contributed by atoms with van der Waals surface area (Å²) in [6.45, 7) is 1.80. The van der Waals surface area contributed by atoms with Gasteiger partial charge in [0.1, 0.15) is 11.6 Å². The van der Waals surface area contributed by atoms with Crippen LogP contribution >= 0.6 is 11.3 Å². The number of carbonyl (C=O) groups excluding carboxylic acids is 1. The van der Waals surface area contributed by atoms with Crippen molar-refractivity contribution in [3.05, 3.63) is 66.4 Å². The van der Waals surface area contributed by atoms with Crippen LogP contribution in [0, 0.1) is 6.92 Å². The molecule has 0 bridgehead atoms. The standard InChI is InChI=1S/C19H16N4O2S/c1-13-11-17(21-18(24)12-25-14-7-3-2-4-8-14)23(22-13)19-20-15-9-5-6-10-16(15)26-19/h2-11H,12H2,1H3,(H,21,24). The highest BCUT2D eigenvalue weighted by Gasteiger charge is 2.14. The van der Waals surface area contributed by atoms with Crippen molar-refractivity contribution in [2.75, 3.05) is 11.9 Å². The topological polar surface area (TPSA) is 69.0 Å². The smallest absolute Gasteiger partial charge is 0.263 e. The van der Waals surface area contributed by atoms with Gasteiger partial charge in [0.2, 0.25) is 5.13 Å². The molecular formula is C19H16N4O2S. The molecule has 1 amide bonds. The molecule has 0 saturated carbocycles. The fourth-order valence-corrected chi connectivity index (χ4v) is 3.46. The number of rotatable bonds is 5. The SMILES string of the molecule is Cc1cc(NC(=O)COc2ccccc2)n(-c2nc3ccccc3s2)n1. The number of carbonyl (C=O) groups is 1. The zero-order valence-corrected chi connectivity index (χ0v) is 14.9. The van der Waals surface area contributed by atoms with Crippen LogP contribution in [0.3, 0.4) is 0 Å². The quantitative estimate of drug-likeness (QED) is 0.585. The minimum absolute atomic E-state index is 0.0753. The van der Waals surface area contributed by atoms with Gasteiger partial charge in [-0.25, -0.2) is 4.98 Å². The maximum Gasteiger partial charge on any atom is 0.263 e. The number of nitrogens with one attached hydrogen (secondary N) is 1. The molecule has 2 heterocycles. The molecule has 1 N–H and O–H groups in total. The van der Waals surface area contributed by atoms with Crippen LogP contribution in [0.25, 0.3) is 15.3 Å². The molecule has 4 aromatic rings. The van der Waals surface area contributed by atoms with E-state index in [1.54, 1.807) is 4.68 Å². The second-order valence-electron chi connectivity index (χ2n) is 5.70. The number of thiazole rings is 1. The number of ether oxygens (including phenoxy) is 1. The average Bonchev–Trinajstić information content (AvgIpc) is 3.24. The Morgan fingerprint density at radius 3 is 2.73 bits per heavy atom. The van der Waals surface area contributed by atoms with E-state index >= 15 is 0 Å². The van der Waals surface area contributed by atoms with Crippen molar-refractivity contribution in [1.82, 2.24) is 14.8 Å². The largest absolute Gasteiger partial charge is 0.484 e. The van der Waals surface area contributed by atoms with E-state index in [9.17, 15) is 4.79 Å². The molecule has 0 radical (unpaired) electrons. The number of anilines is 1. The van der Waals surface area contributed by atoms with Crippen LogP contribution in [0.15, 0.2) is 60.7 Å². The number of para-hydroxylation sites is 2. The summed E-state index contributed by atoms with van der Waals surface area (Å²) < 4.78 is 8.21. The van der Waals surface area contributed by atoms with E-state index in [1.165, 1.54) is 11.3 Å². The number of fused-ring (bicyclic) bond motifs is 1. The maximum absolute atomic E-state index is 12.3. The lowest BCUT2D eigenvalue weighted by molar-refractivity contribution is -0.118. The Labute approximate surface area is 154 Å². The minimum atomic E-state index is -0.254. The summed E-state index contributed by atoms with van der Waals surface area (Å²) in [4.78, 5) is 16.9. The van der Waals surface area contributed by atoms with Crippen molar-refractivity contribution in [2.45, 2.75) is 6.92 Å². The van der Waals surface area contributed by atoms with Crippen molar-refractivity contribution in [2.24, 2.45) is 0 Å². The Balaban J connectivity index is 1.53. The van der Waals surface area contributed by atoms with Gasteiger partial charge in [-0.1, -0.05) is 41.7 Å².